The van der Waals surface area contributed by atoms with E-state index in [0.717, 1.165) is 29.3 Å². The Labute approximate surface area is 177 Å². The molecule has 4 rings (SSSR count). The third kappa shape index (κ3) is 4.77. The molecule has 1 aromatic heterocycles. The minimum absolute atomic E-state index is 0.105. The number of benzene rings is 1. The van der Waals surface area contributed by atoms with Crippen LogP contribution in [-0.2, 0) is 21.4 Å². The number of aromatic nitrogens is 2. The topological polar surface area (TPSA) is 97.0 Å². The summed E-state index contributed by atoms with van der Waals surface area (Å²) in [6.45, 7) is 3.26. The number of H-pyrrole nitrogens is 1. The van der Waals surface area contributed by atoms with Gasteiger partial charge in [-0.25, -0.2) is 0 Å². The van der Waals surface area contributed by atoms with Crippen LogP contribution in [0.1, 0.15) is 23.7 Å². The van der Waals surface area contributed by atoms with Crippen LogP contribution in [0.2, 0.25) is 0 Å². The number of rotatable bonds is 8. The normalized spacial score (nSPS) is 21.0. The van der Waals surface area contributed by atoms with E-state index in [0.29, 0.717) is 52.4 Å². The lowest BCUT2D eigenvalue weighted by molar-refractivity contribution is 0.0705. The van der Waals surface area contributed by atoms with E-state index < -0.39 is 10.2 Å². The van der Waals surface area contributed by atoms with E-state index >= 15 is 0 Å². The molecule has 2 saturated heterocycles. The first-order valence-corrected chi connectivity index (χ1v) is 11.6. The summed E-state index contributed by atoms with van der Waals surface area (Å²) < 4.78 is 44.9. The second-order valence-corrected chi connectivity index (χ2v) is 9.38. The fraction of sp³-hybridized carbons (Fsp3) is 0.550. The summed E-state index contributed by atoms with van der Waals surface area (Å²) in [5.74, 6) is 1.69. The van der Waals surface area contributed by atoms with Gasteiger partial charge in [0.05, 0.1) is 32.6 Å². The van der Waals surface area contributed by atoms with Gasteiger partial charge in [0, 0.05) is 44.2 Å². The van der Waals surface area contributed by atoms with Gasteiger partial charge in [-0.2, -0.15) is 22.1 Å². The Morgan fingerprint density at radius 3 is 2.60 bits per heavy atom. The molecule has 1 aromatic carbocycles. The third-order valence-electron chi connectivity index (χ3n) is 5.54. The summed E-state index contributed by atoms with van der Waals surface area (Å²) in [6, 6.07) is 9.49. The highest BCUT2D eigenvalue weighted by molar-refractivity contribution is 7.86. The van der Waals surface area contributed by atoms with Crippen molar-refractivity contribution in [1.82, 2.24) is 18.8 Å². The van der Waals surface area contributed by atoms with E-state index in [-0.39, 0.29) is 5.92 Å². The second-order valence-electron chi connectivity index (χ2n) is 7.45. The number of hydrogen-bond acceptors (Lipinski definition) is 6. The van der Waals surface area contributed by atoms with Gasteiger partial charge in [0.25, 0.3) is 10.2 Å². The van der Waals surface area contributed by atoms with Gasteiger partial charge in [-0.1, -0.05) is 0 Å². The van der Waals surface area contributed by atoms with Crippen LogP contribution >= 0.6 is 0 Å². The summed E-state index contributed by atoms with van der Waals surface area (Å²) in [6.07, 6.45) is 1.47. The highest BCUT2D eigenvalue weighted by atomic mass is 32.2. The number of methoxy groups -OCH3 is 1. The molecule has 10 heteroatoms. The predicted octanol–water partition coefficient (Wildman–Crippen LogP) is 1.41. The molecule has 0 aliphatic carbocycles. The minimum atomic E-state index is -3.43. The van der Waals surface area contributed by atoms with Crippen molar-refractivity contribution in [3.8, 4) is 11.5 Å². The molecule has 30 heavy (non-hydrogen) atoms. The minimum Gasteiger partial charge on any atom is -0.497 e. The summed E-state index contributed by atoms with van der Waals surface area (Å²) >= 11 is 0. The number of morpholine rings is 1. The maximum atomic E-state index is 12.8. The van der Waals surface area contributed by atoms with Crippen LogP contribution in [0, 0.1) is 0 Å². The molecule has 0 spiro atoms. The predicted molar refractivity (Wildman–Crippen MR) is 111 cm³/mol. The molecule has 2 aliphatic heterocycles. The molecular formula is C20H28N4O5S. The molecule has 2 fully saturated rings. The van der Waals surface area contributed by atoms with Crippen LogP contribution in [0.15, 0.2) is 30.3 Å². The van der Waals surface area contributed by atoms with Crippen molar-refractivity contribution in [2.24, 2.45) is 0 Å². The van der Waals surface area contributed by atoms with E-state index in [9.17, 15) is 8.42 Å². The van der Waals surface area contributed by atoms with Crippen LogP contribution in [0.4, 0.5) is 0 Å². The molecule has 2 aromatic rings. The Morgan fingerprint density at radius 2 is 1.87 bits per heavy atom. The van der Waals surface area contributed by atoms with E-state index in [4.69, 9.17) is 14.2 Å². The Balaban J connectivity index is 1.28. The summed E-state index contributed by atoms with van der Waals surface area (Å²) in [5.41, 5.74) is 1.89. The lowest BCUT2D eigenvalue weighted by Crippen LogP contribution is -2.47. The summed E-state index contributed by atoms with van der Waals surface area (Å²) in [5, 5.41) is 7.48. The third-order valence-corrected chi connectivity index (χ3v) is 7.54. The van der Waals surface area contributed by atoms with Gasteiger partial charge in [-0.05, 0) is 36.8 Å². The van der Waals surface area contributed by atoms with Crippen molar-refractivity contribution in [1.29, 1.82) is 0 Å². The highest BCUT2D eigenvalue weighted by Crippen LogP contribution is 2.29. The Hall–Kier alpha value is -2.14. The van der Waals surface area contributed by atoms with Crippen molar-refractivity contribution in [3.63, 3.8) is 0 Å². The number of nitrogens with zero attached hydrogens (tertiary/aromatic N) is 3. The monoisotopic (exact) mass is 436 g/mol. The van der Waals surface area contributed by atoms with Gasteiger partial charge < -0.3 is 14.2 Å². The summed E-state index contributed by atoms with van der Waals surface area (Å²) in [4.78, 5) is 0. The Morgan fingerprint density at radius 1 is 1.13 bits per heavy atom. The molecule has 2 aliphatic rings. The molecule has 164 valence electrons. The average molecular weight is 437 g/mol. The molecule has 0 bridgehead atoms. The lowest BCUT2D eigenvalue weighted by Gasteiger charge is -2.30. The van der Waals surface area contributed by atoms with E-state index in [1.54, 1.807) is 11.4 Å². The highest BCUT2D eigenvalue weighted by Gasteiger charge is 2.37. The van der Waals surface area contributed by atoms with Gasteiger partial charge in [-0.3, -0.25) is 5.10 Å². The van der Waals surface area contributed by atoms with Crippen molar-refractivity contribution in [3.05, 3.63) is 41.7 Å². The molecule has 0 radical (unpaired) electrons. The number of ether oxygens (including phenoxy) is 3. The van der Waals surface area contributed by atoms with Crippen molar-refractivity contribution >= 4 is 10.2 Å². The zero-order valence-corrected chi connectivity index (χ0v) is 17.9. The van der Waals surface area contributed by atoms with Gasteiger partial charge >= 0.3 is 0 Å². The fourth-order valence-electron chi connectivity index (χ4n) is 3.79. The molecule has 0 unspecified atom stereocenters. The van der Waals surface area contributed by atoms with Crippen LogP contribution in [0.5, 0.6) is 11.5 Å². The standard InChI is InChI=1S/C20H28N4O5S/c1-27-18-2-4-19(5-3-18)29-11-7-17-14-20(22-21-17)16-6-8-24(15-16)30(25,26)23-9-12-28-13-10-23/h2-5,14,16H,6-13,15H2,1H3,(H,21,22)/t16-/m0/s1. The van der Waals surface area contributed by atoms with Crippen LogP contribution in [0.3, 0.4) is 0 Å². The average Bonchev–Trinajstić information content (AvgIpc) is 3.45. The van der Waals surface area contributed by atoms with E-state index in [1.807, 2.05) is 30.3 Å². The molecule has 3 heterocycles. The zero-order chi connectivity index (χ0) is 21.0. The van der Waals surface area contributed by atoms with Crippen molar-refractivity contribution in [2.45, 2.75) is 18.8 Å². The second kappa shape index (κ2) is 9.34. The first-order chi connectivity index (χ1) is 14.6. The lowest BCUT2D eigenvalue weighted by atomic mass is 10.0. The maximum absolute atomic E-state index is 12.8. The zero-order valence-electron chi connectivity index (χ0n) is 17.1. The molecule has 1 N–H and O–H groups in total. The maximum Gasteiger partial charge on any atom is 0.282 e. The van der Waals surface area contributed by atoms with Crippen LogP contribution in [0.25, 0.3) is 0 Å². The number of aromatic amines is 1. The quantitative estimate of drug-likeness (QED) is 0.672. The smallest absolute Gasteiger partial charge is 0.282 e. The molecule has 0 saturated carbocycles. The van der Waals surface area contributed by atoms with Crippen LogP contribution < -0.4 is 9.47 Å². The SMILES string of the molecule is COc1ccc(OCCc2cc([C@H]3CCN(S(=O)(=O)N4CCOCC4)C3)n[nH]2)cc1. The largest absolute Gasteiger partial charge is 0.497 e. The first-order valence-electron chi connectivity index (χ1n) is 10.2. The molecule has 1 atom stereocenters. The molecule has 9 nitrogen and oxygen atoms in total. The number of hydrogen-bond donors (Lipinski definition) is 1. The van der Waals surface area contributed by atoms with E-state index in [2.05, 4.69) is 10.2 Å². The fourth-order valence-corrected chi connectivity index (χ4v) is 5.43. The van der Waals surface area contributed by atoms with E-state index in [1.165, 1.54) is 4.31 Å². The van der Waals surface area contributed by atoms with Crippen molar-refractivity contribution < 1.29 is 22.6 Å². The number of nitrogens with one attached hydrogen (secondary N) is 1. The van der Waals surface area contributed by atoms with Crippen LogP contribution in [-0.4, -0.2) is 80.3 Å². The van der Waals surface area contributed by atoms with Gasteiger partial charge in [0.2, 0.25) is 0 Å². The van der Waals surface area contributed by atoms with Gasteiger partial charge in [-0.15, -0.1) is 0 Å². The molecular weight excluding hydrogens is 408 g/mol. The van der Waals surface area contributed by atoms with Gasteiger partial charge in [0.15, 0.2) is 0 Å². The summed E-state index contributed by atoms with van der Waals surface area (Å²) in [7, 11) is -1.79. The first kappa shape index (κ1) is 21.1. The van der Waals surface area contributed by atoms with Crippen molar-refractivity contribution in [2.75, 3.05) is 53.1 Å². The Kier molecular flexibility index (Phi) is 6.57. The Bertz CT molecular complexity index is 925. The van der Waals surface area contributed by atoms with Gasteiger partial charge in [0.1, 0.15) is 11.5 Å². The molecule has 0 amide bonds.